The third-order valence-corrected chi connectivity index (χ3v) is 2.42. The third kappa shape index (κ3) is 3.61. The standard InChI is InChI=1S/C11H16F3NO3/c1-10(2,3)18-9(17)15-7(11(12,13)14)5-4-6-8(15)16/h7H,4-6H2,1-3H3. The van der Waals surface area contributed by atoms with E-state index in [1.165, 1.54) is 20.8 Å². The molecule has 0 aromatic rings. The fourth-order valence-corrected chi connectivity index (χ4v) is 1.72. The average Bonchev–Trinajstić information content (AvgIpc) is 2.12. The molecule has 2 amide bonds. The zero-order chi connectivity index (χ0) is 14.1. The Balaban J connectivity index is 2.92. The van der Waals surface area contributed by atoms with E-state index in [2.05, 4.69) is 0 Å². The SMILES string of the molecule is CC(C)(C)OC(=O)N1C(=O)CCCC1C(F)(F)F. The number of rotatable bonds is 0. The maximum absolute atomic E-state index is 12.8. The summed E-state index contributed by atoms with van der Waals surface area (Å²) in [5.41, 5.74) is -0.940. The molecule has 0 radical (unpaired) electrons. The van der Waals surface area contributed by atoms with Crippen molar-refractivity contribution in [2.75, 3.05) is 0 Å². The summed E-state index contributed by atoms with van der Waals surface area (Å²) in [5, 5.41) is 0. The summed E-state index contributed by atoms with van der Waals surface area (Å²) < 4.78 is 43.1. The molecule has 104 valence electrons. The van der Waals surface area contributed by atoms with Gasteiger partial charge < -0.3 is 4.74 Å². The van der Waals surface area contributed by atoms with Crippen LogP contribution < -0.4 is 0 Å². The van der Waals surface area contributed by atoms with E-state index in [0.717, 1.165) is 0 Å². The predicted octanol–water partition coefficient (Wildman–Crippen LogP) is 2.86. The number of amides is 2. The monoisotopic (exact) mass is 267 g/mol. The maximum Gasteiger partial charge on any atom is 0.417 e. The van der Waals surface area contributed by atoms with E-state index < -0.39 is 29.8 Å². The fraction of sp³-hybridized carbons (Fsp3) is 0.818. The van der Waals surface area contributed by atoms with Gasteiger partial charge in [-0.1, -0.05) is 0 Å². The molecule has 0 N–H and O–H groups in total. The molecule has 18 heavy (non-hydrogen) atoms. The molecule has 1 unspecified atom stereocenters. The highest BCUT2D eigenvalue weighted by Crippen LogP contribution is 2.33. The summed E-state index contributed by atoms with van der Waals surface area (Å²) in [6.45, 7) is 4.59. The van der Waals surface area contributed by atoms with E-state index >= 15 is 0 Å². The number of alkyl halides is 3. The van der Waals surface area contributed by atoms with Crippen LogP contribution in [-0.4, -0.2) is 34.7 Å². The molecule has 1 aliphatic heterocycles. The van der Waals surface area contributed by atoms with Gasteiger partial charge >= 0.3 is 12.3 Å². The second-order valence-electron chi connectivity index (χ2n) is 5.19. The fourth-order valence-electron chi connectivity index (χ4n) is 1.72. The van der Waals surface area contributed by atoms with Gasteiger partial charge in [-0.05, 0) is 33.6 Å². The van der Waals surface area contributed by atoms with E-state index in [9.17, 15) is 22.8 Å². The van der Waals surface area contributed by atoms with Gasteiger partial charge in [0.25, 0.3) is 0 Å². The molecular weight excluding hydrogens is 251 g/mol. The number of carbonyl (C=O) groups excluding carboxylic acids is 2. The van der Waals surface area contributed by atoms with Crippen LogP contribution in [0.1, 0.15) is 40.0 Å². The van der Waals surface area contributed by atoms with Gasteiger partial charge in [0, 0.05) is 6.42 Å². The van der Waals surface area contributed by atoms with Crippen LogP contribution in [0.4, 0.5) is 18.0 Å². The smallest absolute Gasteiger partial charge is 0.417 e. The number of halogens is 3. The zero-order valence-corrected chi connectivity index (χ0v) is 10.5. The van der Waals surface area contributed by atoms with Gasteiger partial charge in [0.15, 0.2) is 0 Å². The van der Waals surface area contributed by atoms with E-state index in [0.29, 0.717) is 0 Å². The Hall–Kier alpha value is -1.27. The minimum Gasteiger partial charge on any atom is -0.443 e. The van der Waals surface area contributed by atoms with Gasteiger partial charge in [-0.15, -0.1) is 0 Å². The molecule has 1 rings (SSSR count). The highest BCUT2D eigenvalue weighted by Gasteiger charge is 2.50. The van der Waals surface area contributed by atoms with E-state index in [4.69, 9.17) is 4.74 Å². The lowest BCUT2D eigenvalue weighted by molar-refractivity contribution is -0.192. The van der Waals surface area contributed by atoms with Crippen LogP contribution >= 0.6 is 0 Å². The molecule has 1 aliphatic rings. The number of imide groups is 1. The van der Waals surface area contributed by atoms with Crippen LogP contribution in [0.3, 0.4) is 0 Å². The van der Waals surface area contributed by atoms with Crippen LogP contribution in [0.25, 0.3) is 0 Å². The topological polar surface area (TPSA) is 46.6 Å². The molecule has 0 aliphatic carbocycles. The van der Waals surface area contributed by atoms with Crippen molar-refractivity contribution in [2.45, 2.75) is 57.9 Å². The molecule has 1 fully saturated rings. The molecular formula is C11H16F3NO3. The summed E-state index contributed by atoms with van der Waals surface area (Å²) in [7, 11) is 0. The Morgan fingerprint density at radius 3 is 2.33 bits per heavy atom. The normalized spacial score (nSPS) is 22.0. The zero-order valence-electron chi connectivity index (χ0n) is 10.5. The Bertz CT molecular complexity index is 346. The first-order valence-corrected chi connectivity index (χ1v) is 5.64. The summed E-state index contributed by atoms with van der Waals surface area (Å²) in [5.74, 6) is -0.835. The highest BCUT2D eigenvalue weighted by atomic mass is 19.4. The second kappa shape index (κ2) is 4.78. The van der Waals surface area contributed by atoms with Crippen molar-refractivity contribution < 1.29 is 27.5 Å². The second-order valence-corrected chi connectivity index (χ2v) is 5.19. The van der Waals surface area contributed by atoms with Gasteiger partial charge in [-0.2, -0.15) is 13.2 Å². The number of piperidine rings is 1. The van der Waals surface area contributed by atoms with Crippen LogP contribution in [0.15, 0.2) is 0 Å². The summed E-state index contributed by atoms with van der Waals surface area (Å²) in [6, 6.07) is -2.08. The predicted molar refractivity (Wildman–Crippen MR) is 56.8 cm³/mol. The van der Waals surface area contributed by atoms with E-state index in [1.807, 2.05) is 0 Å². The Labute approximate surface area is 103 Å². The Morgan fingerprint density at radius 1 is 1.33 bits per heavy atom. The lowest BCUT2D eigenvalue weighted by Gasteiger charge is -2.35. The number of likely N-dealkylation sites (tertiary alicyclic amines) is 1. The van der Waals surface area contributed by atoms with Gasteiger partial charge in [0.05, 0.1) is 0 Å². The molecule has 0 aromatic heterocycles. The van der Waals surface area contributed by atoms with Crippen molar-refractivity contribution in [3.63, 3.8) is 0 Å². The molecule has 0 bridgehead atoms. The molecule has 1 heterocycles. The minimum absolute atomic E-state index is 0.0637. The number of carbonyl (C=O) groups is 2. The van der Waals surface area contributed by atoms with Crippen LogP contribution in [0, 0.1) is 0 Å². The first kappa shape index (κ1) is 14.8. The molecule has 7 heteroatoms. The number of hydrogen-bond acceptors (Lipinski definition) is 3. The van der Waals surface area contributed by atoms with E-state index in [1.54, 1.807) is 0 Å². The van der Waals surface area contributed by atoms with E-state index in [-0.39, 0.29) is 24.2 Å². The highest BCUT2D eigenvalue weighted by molar-refractivity contribution is 5.93. The van der Waals surface area contributed by atoms with Gasteiger partial charge in [-0.3, -0.25) is 4.79 Å². The van der Waals surface area contributed by atoms with Gasteiger partial charge in [-0.25, -0.2) is 9.69 Å². The molecule has 4 nitrogen and oxygen atoms in total. The molecule has 0 spiro atoms. The van der Waals surface area contributed by atoms with Crippen molar-refractivity contribution in [1.29, 1.82) is 0 Å². The van der Waals surface area contributed by atoms with Crippen molar-refractivity contribution >= 4 is 12.0 Å². The molecule has 1 atom stereocenters. The molecule has 0 saturated carbocycles. The summed E-state index contributed by atoms with van der Waals surface area (Å²) in [4.78, 5) is 23.4. The Morgan fingerprint density at radius 2 is 1.89 bits per heavy atom. The largest absolute Gasteiger partial charge is 0.443 e. The van der Waals surface area contributed by atoms with Crippen LogP contribution in [0.5, 0.6) is 0 Å². The number of hydrogen-bond donors (Lipinski definition) is 0. The van der Waals surface area contributed by atoms with Crippen molar-refractivity contribution in [2.24, 2.45) is 0 Å². The lowest BCUT2D eigenvalue weighted by Crippen LogP contribution is -2.55. The summed E-state index contributed by atoms with van der Waals surface area (Å²) >= 11 is 0. The van der Waals surface area contributed by atoms with Gasteiger partial charge in [0.1, 0.15) is 11.6 Å². The molecule has 0 aromatic carbocycles. The maximum atomic E-state index is 12.8. The summed E-state index contributed by atoms with van der Waals surface area (Å²) in [6.07, 6.45) is -6.05. The van der Waals surface area contributed by atoms with Crippen molar-refractivity contribution in [1.82, 2.24) is 4.90 Å². The first-order valence-electron chi connectivity index (χ1n) is 5.64. The first-order chi connectivity index (χ1) is 8.02. The van der Waals surface area contributed by atoms with Crippen molar-refractivity contribution in [3.05, 3.63) is 0 Å². The van der Waals surface area contributed by atoms with Gasteiger partial charge in [0.2, 0.25) is 5.91 Å². The van der Waals surface area contributed by atoms with Crippen LogP contribution in [0.2, 0.25) is 0 Å². The Kier molecular flexibility index (Phi) is 3.92. The molecule has 1 saturated heterocycles. The van der Waals surface area contributed by atoms with Crippen LogP contribution in [-0.2, 0) is 9.53 Å². The quantitative estimate of drug-likeness (QED) is 0.678. The average molecular weight is 267 g/mol. The lowest BCUT2D eigenvalue weighted by atomic mass is 10.0. The number of ether oxygens (including phenoxy) is 1. The number of nitrogens with zero attached hydrogens (tertiary/aromatic N) is 1. The van der Waals surface area contributed by atoms with Crippen molar-refractivity contribution in [3.8, 4) is 0 Å². The minimum atomic E-state index is -4.62. The third-order valence-electron chi connectivity index (χ3n) is 2.42.